The van der Waals surface area contributed by atoms with E-state index in [1.54, 1.807) is 6.20 Å². The Morgan fingerprint density at radius 1 is 1.27 bits per heavy atom. The molecule has 0 aliphatic carbocycles. The monoisotopic (exact) mass is 377 g/mol. The van der Waals surface area contributed by atoms with Crippen molar-refractivity contribution in [3.8, 4) is 0 Å². The fourth-order valence-electron chi connectivity index (χ4n) is 2.92. The second-order valence-corrected chi connectivity index (χ2v) is 7.24. The molecule has 1 aliphatic heterocycles. The second-order valence-electron chi connectivity index (χ2n) is 6.32. The van der Waals surface area contributed by atoms with Gasteiger partial charge in [0.05, 0.1) is 35.0 Å². The maximum absolute atomic E-state index is 13.2. The van der Waals surface area contributed by atoms with Crippen LogP contribution in [0.15, 0.2) is 35.8 Å². The van der Waals surface area contributed by atoms with Gasteiger partial charge >= 0.3 is 0 Å². The van der Waals surface area contributed by atoms with Gasteiger partial charge < -0.3 is 10.4 Å². The van der Waals surface area contributed by atoms with E-state index in [-0.39, 0.29) is 6.04 Å². The van der Waals surface area contributed by atoms with Crippen LogP contribution in [-0.4, -0.2) is 44.0 Å². The molecule has 0 spiro atoms. The molecule has 1 fully saturated rings. The van der Waals surface area contributed by atoms with Gasteiger partial charge in [-0.1, -0.05) is 6.07 Å². The zero-order chi connectivity index (χ0) is 18.3. The number of likely N-dealkylation sites (tertiary alicyclic amines) is 1. The van der Waals surface area contributed by atoms with Crippen LogP contribution in [0.3, 0.4) is 0 Å². The number of anilines is 1. The predicted molar refractivity (Wildman–Crippen MR) is 95.2 cm³/mol. The molecule has 0 aromatic carbocycles. The molecule has 0 saturated carbocycles. The number of pyridine rings is 1. The molecule has 0 radical (unpaired) electrons. The van der Waals surface area contributed by atoms with Crippen LogP contribution in [0.2, 0.25) is 0 Å². The molecule has 1 saturated heterocycles. The SMILES string of the molecule is C[C@H](Nc1nc(C(O)N2CC(F)(F)C2)c2sccc2n1)c1ccccn1. The molecule has 0 amide bonds. The first kappa shape index (κ1) is 17.2. The number of halogens is 2. The van der Waals surface area contributed by atoms with E-state index in [2.05, 4.69) is 20.3 Å². The number of aromatic nitrogens is 3. The molecule has 2 atom stereocenters. The standard InChI is InChI=1S/C17H17F2N5OS/c1-10(11-4-2-3-6-20-11)21-16-22-12-5-7-26-14(12)13(23-16)15(25)24-8-17(18,19)9-24/h2-7,10,15,25H,8-9H2,1H3,(H,21,22,23)/t10-,15?/m0/s1. The van der Waals surface area contributed by atoms with Gasteiger partial charge in [0.25, 0.3) is 5.92 Å². The molecule has 3 aromatic rings. The van der Waals surface area contributed by atoms with Gasteiger partial charge in [-0.15, -0.1) is 11.3 Å². The molecule has 136 valence electrons. The summed E-state index contributed by atoms with van der Waals surface area (Å²) in [6, 6.07) is 7.28. The average Bonchev–Trinajstić information content (AvgIpc) is 3.07. The summed E-state index contributed by atoms with van der Waals surface area (Å²) in [6.45, 7) is 0.978. The lowest BCUT2D eigenvalue weighted by molar-refractivity contribution is -0.186. The molecule has 4 rings (SSSR count). The molecule has 26 heavy (non-hydrogen) atoms. The molecule has 2 N–H and O–H groups in total. The number of rotatable bonds is 5. The van der Waals surface area contributed by atoms with Crippen molar-refractivity contribution < 1.29 is 13.9 Å². The minimum absolute atomic E-state index is 0.148. The molecule has 3 aromatic heterocycles. The third-order valence-electron chi connectivity index (χ3n) is 4.27. The lowest BCUT2D eigenvalue weighted by atomic mass is 10.1. The van der Waals surface area contributed by atoms with E-state index >= 15 is 0 Å². The number of alkyl halides is 2. The van der Waals surface area contributed by atoms with E-state index in [1.807, 2.05) is 36.6 Å². The second kappa shape index (κ2) is 6.49. The summed E-state index contributed by atoms with van der Waals surface area (Å²) >= 11 is 1.38. The fraction of sp³-hybridized carbons (Fsp3) is 0.353. The summed E-state index contributed by atoms with van der Waals surface area (Å²) in [5, 5.41) is 15.5. The lowest BCUT2D eigenvalue weighted by Crippen LogP contribution is -2.57. The van der Waals surface area contributed by atoms with Gasteiger partial charge in [-0.25, -0.2) is 18.7 Å². The van der Waals surface area contributed by atoms with Gasteiger partial charge in [0.15, 0.2) is 6.23 Å². The average molecular weight is 377 g/mol. The van der Waals surface area contributed by atoms with Gasteiger partial charge in [-0.05, 0) is 30.5 Å². The van der Waals surface area contributed by atoms with E-state index in [0.717, 1.165) is 5.69 Å². The van der Waals surface area contributed by atoms with Crippen molar-refractivity contribution in [3.05, 3.63) is 47.2 Å². The van der Waals surface area contributed by atoms with Crippen molar-refractivity contribution in [2.45, 2.75) is 25.1 Å². The Balaban J connectivity index is 1.62. The summed E-state index contributed by atoms with van der Waals surface area (Å²) in [6.07, 6.45) is 0.514. The van der Waals surface area contributed by atoms with E-state index < -0.39 is 25.2 Å². The Morgan fingerprint density at radius 2 is 2.08 bits per heavy atom. The van der Waals surface area contributed by atoms with Gasteiger partial charge in [0.2, 0.25) is 5.95 Å². The van der Waals surface area contributed by atoms with Crippen molar-refractivity contribution in [1.82, 2.24) is 19.9 Å². The van der Waals surface area contributed by atoms with Crippen LogP contribution in [0, 0.1) is 0 Å². The minimum atomic E-state index is -2.75. The molecular formula is C17H17F2N5OS. The summed E-state index contributed by atoms with van der Waals surface area (Å²) in [4.78, 5) is 14.5. The van der Waals surface area contributed by atoms with Crippen molar-refractivity contribution in [2.24, 2.45) is 0 Å². The normalized spacial score (nSPS) is 19.1. The smallest absolute Gasteiger partial charge is 0.273 e. The van der Waals surface area contributed by atoms with Gasteiger partial charge in [-0.2, -0.15) is 0 Å². The van der Waals surface area contributed by atoms with Crippen LogP contribution < -0.4 is 5.32 Å². The Morgan fingerprint density at radius 3 is 2.77 bits per heavy atom. The molecule has 4 heterocycles. The lowest BCUT2D eigenvalue weighted by Gasteiger charge is -2.41. The van der Waals surface area contributed by atoms with Crippen LogP contribution >= 0.6 is 11.3 Å². The van der Waals surface area contributed by atoms with Crippen LogP contribution in [-0.2, 0) is 0 Å². The molecule has 0 bridgehead atoms. The Kier molecular flexibility index (Phi) is 4.29. The first-order chi connectivity index (χ1) is 12.4. The number of hydrogen-bond donors (Lipinski definition) is 2. The van der Waals surface area contributed by atoms with Gasteiger partial charge in [0, 0.05) is 6.20 Å². The number of fused-ring (bicyclic) bond motifs is 1. The third kappa shape index (κ3) is 3.25. The van der Waals surface area contributed by atoms with Gasteiger partial charge in [-0.3, -0.25) is 9.88 Å². The van der Waals surface area contributed by atoms with Gasteiger partial charge in [0.1, 0.15) is 5.69 Å². The largest absolute Gasteiger partial charge is 0.372 e. The topological polar surface area (TPSA) is 74.2 Å². The fourth-order valence-corrected chi connectivity index (χ4v) is 3.76. The Hall–Kier alpha value is -2.23. The Labute approximate surface area is 152 Å². The number of aliphatic hydroxyl groups excluding tert-OH is 1. The van der Waals surface area contributed by atoms with Crippen molar-refractivity contribution in [1.29, 1.82) is 0 Å². The van der Waals surface area contributed by atoms with E-state index in [9.17, 15) is 13.9 Å². The molecular weight excluding hydrogens is 360 g/mol. The van der Waals surface area contributed by atoms with E-state index in [1.165, 1.54) is 16.2 Å². The zero-order valence-corrected chi connectivity index (χ0v) is 14.7. The zero-order valence-electron chi connectivity index (χ0n) is 13.9. The number of hydrogen-bond acceptors (Lipinski definition) is 7. The molecule has 1 unspecified atom stereocenters. The van der Waals surface area contributed by atoms with E-state index in [4.69, 9.17) is 0 Å². The Bertz CT molecular complexity index is 912. The number of nitrogens with one attached hydrogen (secondary N) is 1. The highest BCUT2D eigenvalue weighted by atomic mass is 32.1. The van der Waals surface area contributed by atoms with Crippen molar-refractivity contribution in [3.63, 3.8) is 0 Å². The number of nitrogens with zero attached hydrogens (tertiary/aromatic N) is 4. The number of thiophene rings is 1. The first-order valence-electron chi connectivity index (χ1n) is 8.15. The quantitative estimate of drug-likeness (QED) is 0.711. The van der Waals surface area contributed by atoms with Crippen LogP contribution in [0.1, 0.15) is 30.6 Å². The van der Waals surface area contributed by atoms with E-state index in [0.29, 0.717) is 21.9 Å². The summed E-state index contributed by atoms with van der Waals surface area (Å²) in [5.74, 6) is -2.42. The molecule has 6 nitrogen and oxygen atoms in total. The summed E-state index contributed by atoms with van der Waals surface area (Å²) in [7, 11) is 0. The van der Waals surface area contributed by atoms with Crippen molar-refractivity contribution in [2.75, 3.05) is 18.4 Å². The molecule has 9 heteroatoms. The van der Waals surface area contributed by atoms with Crippen molar-refractivity contribution >= 4 is 27.5 Å². The van der Waals surface area contributed by atoms with Crippen LogP contribution in [0.5, 0.6) is 0 Å². The highest BCUT2D eigenvalue weighted by Crippen LogP contribution is 2.36. The maximum atomic E-state index is 13.2. The molecule has 1 aliphatic rings. The predicted octanol–water partition coefficient (Wildman–Crippen LogP) is 3.20. The number of aliphatic hydroxyl groups is 1. The van der Waals surface area contributed by atoms with Crippen LogP contribution in [0.25, 0.3) is 10.2 Å². The third-order valence-corrected chi connectivity index (χ3v) is 5.19. The highest BCUT2D eigenvalue weighted by molar-refractivity contribution is 7.17. The first-order valence-corrected chi connectivity index (χ1v) is 9.03. The highest BCUT2D eigenvalue weighted by Gasteiger charge is 2.47. The minimum Gasteiger partial charge on any atom is -0.372 e. The summed E-state index contributed by atoms with van der Waals surface area (Å²) < 4.78 is 27.0. The van der Waals surface area contributed by atoms with Crippen LogP contribution in [0.4, 0.5) is 14.7 Å². The maximum Gasteiger partial charge on any atom is 0.273 e. The summed E-state index contributed by atoms with van der Waals surface area (Å²) in [5.41, 5.74) is 1.84.